The molecule has 32 heavy (non-hydrogen) atoms. The Morgan fingerprint density at radius 2 is 2.00 bits per heavy atom. The van der Waals surface area contributed by atoms with Crippen LogP contribution in [0.3, 0.4) is 0 Å². The van der Waals surface area contributed by atoms with Crippen molar-refractivity contribution in [3.63, 3.8) is 0 Å². The third-order valence-corrected chi connectivity index (χ3v) is 6.90. The Kier molecular flexibility index (Phi) is 5.82. The molecular weight excluding hydrogens is 443 g/mol. The van der Waals surface area contributed by atoms with Crippen LogP contribution >= 0.6 is 11.6 Å². The van der Waals surface area contributed by atoms with Gasteiger partial charge in [-0.05, 0) is 42.7 Å². The number of carbonyl (C=O) groups is 1. The highest BCUT2D eigenvalue weighted by molar-refractivity contribution is 6.33. The summed E-state index contributed by atoms with van der Waals surface area (Å²) in [7, 11) is 0. The van der Waals surface area contributed by atoms with E-state index in [2.05, 4.69) is 0 Å². The Morgan fingerprint density at radius 1 is 1.25 bits per heavy atom. The maximum absolute atomic E-state index is 13.4. The van der Waals surface area contributed by atoms with E-state index in [1.807, 2.05) is 0 Å². The Hall–Kier alpha value is -2.76. The summed E-state index contributed by atoms with van der Waals surface area (Å²) in [5.41, 5.74) is -1.31. The van der Waals surface area contributed by atoms with Gasteiger partial charge in [0.15, 0.2) is 0 Å². The molecule has 2 saturated heterocycles. The molecule has 2 aliphatic heterocycles. The first-order valence-electron chi connectivity index (χ1n) is 10.2. The number of rotatable bonds is 3. The van der Waals surface area contributed by atoms with Gasteiger partial charge in [0.1, 0.15) is 0 Å². The molecule has 1 N–H and O–H groups in total. The second-order valence-corrected chi connectivity index (χ2v) is 8.84. The Bertz CT molecular complexity index is 1080. The van der Waals surface area contributed by atoms with Gasteiger partial charge in [-0.2, -0.15) is 18.4 Å². The third-order valence-electron chi connectivity index (χ3n) is 6.57. The monoisotopic (exact) mass is 463 g/mol. The molecular formula is C23H21ClF3N3O2. The average Bonchev–Trinajstić information content (AvgIpc) is 3.17. The van der Waals surface area contributed by atoms with E-state index in [9.17, 15) is 23.1 Å². The molecule has 0 aromatic heterocycles. The Balaban J connectivity index is 1.59. The first-order chi connectivity index (χ1) is 15.2. The fourth-order valence-electron chi connectivity index (χ4n) is 4.85. The van der Waals surface area contributed by atoms with Crippen LogP contribution in [0.1, 0.15) is 27.9 Å². The number of carbonyl (C=O) groups excluding carboxylic acids is 1. The average molecular weight is 464 g/mol. The van der Waals surface area contributed by atoms with E-state index >= 15 is 0 Å². The highest BCUT2D eigenvalue weighted by Crippen LogP contribution is 2.45. The number of anilines is 1. The molecule has 9 heteroatoms. The number of likely N-dealkylation sites (tertiary alicyclic amines) is 1. The fraction of sp³-hybridized carbons (Fsp3) is 0.391. The molecule has 2 fully saturated rings. The second-order valence-electron chi connectivity index (χ2n) is 8.43. The summed E-state index contributed by atoms with van der Waals surface area (Å²) in [5.74, 6) is -0.203. The maximum atomic E-state index is 13.4. The van der Waals surface area contributed by atoms with Crippen molar-refractivity contribution in [3.05, 3.63) is 64.2 Å². The van der Waals surface area contributed by atoms with E-state index in [-0.39, 0.29) is 25.0 Å². The first-order valence-corrected chi connectivity index (χ1v) is 10.6. The first kappa shape index (κ1) is 22.4. The molecule has 0 spiro atoms. The zero-order valence-electron chi connectivity index (χ0n) is 17.1. The zero-order valence-corrected chi connectivity index (χ0v) is 17.8. The van der Waals surface area contributed by atoms with Crippen molar-refractivity contribution in [2.75, 3.05) is 37.7 Å². The molecule has 2 aromatic rings. The van der Waals surface area contributed by atoms with Crippen LogP contribution in [0.4, 0.5) is 18.9 Å². The summed E-state index contributed by atoms with van der Waals surface area (Å²) in [5, 5.41) is 19.7. The van der Waals surface area contributed by atoms with Crippen LogP contribution in [0, 0.1) is 22.7 Å². The molecule has 2 aromatic carbocycles. The van der Waals surface area contributed by atoms with Crippen LogP contribution in [0.25, 0.3) is 0 Å². The number of nitriles is 1. The lowest BCUT2D eigenvalue weighted by atomic mass is 9.74. The summed E-state index contributed by atoms with van der Waals surface area (Å²) in [6, 6.07) is 12.0. The standard InChI is InChI=1S/C23H21ClF3N3O2/c24-20-4-2-1-3-18(20)21(32)29-8-7-16-11-30(13-22(16,12-29)14-31)17-6-5-15(10-28)19(9-17)23(25,26)27/h1-6,9,16,31H,7-8,11-14H2/t16-,22+/m0/s1. The van der Waals surface area contributed by atoms with Gasteiger partial charge < -0.3 is 14.9 Å². The van der Waals surface area contributed by atoms with E-state index in [0.29, 0.717) is 42.3 Å². The van der Waals surface area contributed by atoms with Gasteiger partial charge in [-0.25, -0.2) is 0 Å². The van der Waals surface area contributed by atoms with Gasteiger partial charge in [0.05, 0.1) is 34.4 Å². The number of piperidine rings is 1. The van der Waals surface area contributed by atoms with Gasteiger partial charge >= 0.3 is 6.18 Å². The van der Waals surface area contributed by atoms with Crippen molar-refractivity contribution in [3.8, 4) is 6.07 Å². The number of aliphatic hydroxyl groups is 1. The number of aliphatic hydroxyl groups excluding tert-OH is 1. The van der Waals surface area contributed by atoms with Crippen LogP contribution in [0.15, 0.2) is 42.5 Å². The molecule has 5 nitrogen and oxygen atoms in total. The van der Waals surface area contributed by atoms with Crippen molar-refractivity contribution in [2.45, 2.75) is 12.6 Å². The number of halogens is 4. The molecule has 0 aliphatic carbocycles. The van der Waals surface area contributed by atoms with Crippen molar-refractivity contribution in [2.24, 2.45) is 11.3 Å². The number of fused-ring (bicyclic) bond motifs is 1. The lowest BCUT2D eigenvalue weighted by Gasteiger charge is -2.43. The topological polar surface area (TPSA) is 67.6 Å². The number of hydrogen-bond donors (Lipinski definition) is 1. The van der Waals surface area contributed by atoms with Crippen molar-refractivity contribution in [1.29, 1.82) is 5.26 Å². The van der Waals surface area contributed by atoms with Crippen molar-refractivity contribution >= 4 is 23.2 Å². The summed E-state index contributed by atoms with van der Waals surface area (Å²) in [6.07, 6.45) is -4.02. The minimum Gasteiger partial charge on any atom is -0.396 e. The summed E-state index contributed by atoms with van der Waals surface area (Å²) >= 11 is 6.18. The van der Waals surface area contributed by atoms with Gasteiger partial charge in [0.25, 0.3) is 5.91 Å². The quantitative estimate of drug-likeness (QED) is 0.741. The maximum Gasteiger partial charge on any atom is 0.417 e. The van der Waals surface area contributed by atoms with Gasteiger partial charge in [-0.1, -0.05) is 23.7 Å². The molecule has 2 heterocycles. The molecule has 2 aliphatic rings. The molecule has 4 rings (SSSR count). The molecule has 0 radical (unpaired) electrons. The third kappa shape index (κ3) is 3.91. The smallest absolute Gasteiger partial charge is 0.396 e. The normalized spacial score (nSPS) is 23.1. The summed E-state index contributed by atoms with van der Waals surface area (Å²) < 4.78 is 40.2. The molecule has 0 bridgehead atoms. The van der Waals surface area contributed by atoms with Crippen LogP contribution in [0.2, 0.25) is 5.02 Å². The molecule has 1 amide bonds. The van der Waals surface area contributed by atoms with E-state index < -0.39 is 22.7 Å². The number of hydrogen-bond acceptors (Lipinski definition) is 4. The summed E-state index contributed by atoms with van der Waals surface area (Å²) in [4.78, 5) is 16.5. The van der Waals surface area contributed by atoms with Crippen molar-refractivity contribution < 1.29 is 23.1 Å². The lowest BCUT2D eigenvalue weighted by Crippen LogP contribution is -2.52. The number of amides is 1. The van der Waals surface area contributed by atoms with E-state index in [1.165, 1.54) is 12.1 Å². The molecule has 2 atom stereocenters. The number of nitrogens with zero attached hydrogens (tertiary/aromatic N) is 3. The lowest BCUT2D eigenvalue weighted by molar-refractivity contribution is -0.137. The number of benzene rings is 2. The molecule has 168 valence electrons. The fourth-order valence-corrected chi connectivity index (χ4v) is 5.06. The number of alkyl halides is 3. The predicted octanol–water partition coefficient (Wildman–Crippen LogP) is 4.19. The van der Waals surface area contributed by atoms with Crippen LogP contribution < -0.4 is 4.90 Å². The largest absolute Gasteiger partial charge is 0.417 e. The van der Waals surface area contributed by atoms with Gasteiger partial charge in [0, 0.05) is 37.3 Å². The Labute approximate surface area is 188 Å². The van der Waals surface area contributed by atoms with Crippen molar-refractivity contribution in [1.82, 2.24) is 4.90 Å². The Morgan fingerprint density at radius 3 is 2.66 bits per heavy atom. The summed E-state index contributed by atoms with van der Waals surface area (Å²) in [6.45, 7) is 1.35. The molecule has 0 unspecified atom stereocenters. The van der Waals surface area contributed by atoms with Crippen LogP contribution in [-0.4, -0.2) is 48.7 Å². The van der Waals surface area contributed by atoms with E-state index in [1.54, 1.807) is 40.1 Å². The minimum absolute atomic E-state index is 0.0211. The van der Waals surface area contributed by atoms with Gasteiger partial charge in [-0.3, -0.25) is 4.79 Å². The van der Waals surface area contributed by atoms with Crippen LogP contribution in [0.5, 0.6) is 0 Å². The highest BCUT2D eigenvalue weighted by Gasteiger charge is 2.50. The zero-order chi connectivity index (χ0) is 23.1. The van der Waals surface area contributed by atoms with Gasteiger partial charge in [0.2, 0.25) is 0 Å². The van der Waals surface area contributed by atoms with E-state index in [0.717, 1.165) is 6.07 Å². The van der Waals surface area contributed by atoms with E-state index in [4.69, 9.17) is 16.9 Å². The van der Waals surface area contributed by atoms with Gasteiger partial charge in [-0.15, -0.1) is 0 Å². The SMILES string of the molecule is N#Cc1ccc(N2C[C@@H]3CCN(C(=O)c4ccccc4Cl)C[C@]3(CO)C2)cc1C(F)(F)F. The highest BCUT2D eigenvalue weighted by atomic mass is 35.5. The minimum atomic E-state index is -4.64. The molecule has 0 saturated carbocycles. The second kappa shape index (κ2) is 8.30. The predicted molar refractivity (Wildman–Crippen MR) is 113 cm³/mol. The van der Waals surface area contributed by atoms with Crippen LogP contribution in [-0.2, 0) is 6.18 Å².